The lowest BCUT2D eigenvalue weighted by Crippen LogP contribution is -1.97. The van der Waals surface area contributed by atoms with Crippen LogP contribution in [0.3, 0.4) is 0 Å². The molecule has 0 aliphatic rings. The van der Waals surface area contributed by atoms with Gasteiger partial charge in [-0.15, -0.1) is 11.3 Å². The number of thiophene rings is 1. The predicted octanol–water partition coefficient (Wildman–Crippen LogP) is 2.41. The number of fused-ring (bicyclic) bond motifs is 1. The molecule has 0 saturated heterocycles. The van der Waals surface area contributed by atoms with Crippen LogP contribution in [0, 0.1) is 13.8 Å². The first-order chi connectivity index (χ1) is 7.54. The molecule has 0 bridgehead atoms. The Hall–Kier alpha value is -1.62. The molecule has 5 heteroatoms. The molecule has 2 aromatic heterocycles. The molecular formula is C11H11NO3S. The van der Waals surface area contributed by atoms with Crippen molar-refractivity contribution in [1.29, 1.82) is 0 Å². The summed E-state index contributed by atoms with van der Waals surface area (Å²) in [7, 11) is 1.29. The van der Waals surface area contributed by atoms with Gasteiger partial charge in [-0.25, -0.2) is 9.78 Å². The lowest BCUT2D eigenvalue weighted by molar-refractivity contribution is 0.0603. The predicted molar refractivity (Wildman–Crippen MR) is 62.1 cm³/mol. The van der Waals surface area contributed by atoms with Crippen LogP contribution in [-0.2, 0) is 4.74 Å². The molecule has 0 radical (unpaired) electrons. The van der Waals surface area contributed by atoms with E-state index in [2.05, 4.69) is 9.72 Å². The highest BCUT2D eigenvalue weighted by Crippen LogP contribution is 2.36. The summed E-state index contributed by atoms with van der Waals surface area (Å²) in [5.74, 6) is -0.571. The highest BCUT2D eigenvalue weighted by molar-refractivity contribution is 7.20. The molecule has 2 aromatic rings. The summed E-state index contributed by atoms with van der Waals surface area (Å²) in [5, 5.41) is 10.5. The number of carbonyl (C=O) groups is 1. The van der Waals surface area contributed by atoms with Gasteiger partial charge in [0, 0.05) is 5.69 Å². The van der Waals surface area contributed by atoms with Gasteiger partial charge < -0.3 is 9.84 Å². The Morgan fingerprint density at radius 1 is 1.50 bits per heavy atom. The summed E-state index contributed by atoms with van der Waals surface area (Å²) in [6.45, 7) is 3.81. The number of hydrogen-bond donors (Lipinski definition) is 1. The molecule has 0 aliphatic carbocycles. The van der Waals surface area contributed by atoms with E-state index in [1.165, 1.54) is 7.11 Å². The standard InChI is InChI=1S/C11H11NO3S/c1-5-4-7-8(13)9(11(14)15-3)16-10(7)12-6(5)2/h4,13H,1-3H3. The highest BCUT2D eigenvalue weighted by atomic mass is 32.1. The Bertz CT molecular complexity index is 574. The molecule has 2 heterocycles. The largest absolute Gasteiger partial charge is 0.505 e. The Morgan fingerprint density at radius 3 is 2.81 bits per heavy atom. The number of hydrogen-bond acceptors (Lipinski definition) is 5. The number of ether oxygens (including phenoxy) is 1. The van der Waals surface area contributed by atoms with Crippen molar-refractivity contribution in [2.75, 3.05) is 7.11 Å². The number of methoxy groups -OCH3 is 1. The molecule has 0 atom stereocenters. The molecule has 0 saturated carbocycles. The van der Waals surface area contributed by atoms with Crippen LogP contribution in [0.2, 0.25) is 0 Å². The van der Waals surface area contributed by atoms with E-state index in [4.69, 9.17) is 0 Å². The minimum Gasteiger partial charge on any atom is -0.505 e. The fourth-order valence-corrected chi connectivity index (χ4v) is 2.44. The van der Waals surface area contributed by atoms with E-state index in [9.17, 15) is 9.90 Å². The van der Waals surface area contributed by atoms with Gasteiger partial charge in [-0.3, -0.25) is 0 Å². The molecule has 84 valence electrons. The van der Waals surface area contributed by atoms with Crippen LogP contribution >= 0.6 is 11.3 Å². The topological polar surface area (TPSA) is 59.4 Å². The number of aromatic hydroxyl groups is 1. The van der Waals surface area contributed by atoms with Gasteiger partial charge in [-0.1, -0.05) is 0 Å². The number of aryl methyl sites for hydroxylation is 2. The van der Waals surface area contributed by atoms with Gasteiger partial charge in [-0.05, 0) is 25.5 Å². The molecule has 0 spiro atoms. The normalized spacial score (nSPS) is 10.7. The molecule has 0 amide bonds. The molecular weight excluding hydrogens is 226 g/mol. The molecule has 4 nitrogen and oxygen atoms in total. The van der Waals surface area contributed by atoms with Crippen molar-refractivity contribution in [1.82, 2.24) is 4.98 Å². The Morgan fingerprint density at radius 2 is 2.19 bits per heavy atom. The lowest BCUT2D eigenvalue weighted by Gasteiger charge is -1.98. The number of esters is 1. The van der Waals surface area contributed by atoms with Crippen molar-refractivity contribution in [3.63, 3.8) is 0 Å². The first-order valence-electron chi connectivity index (χ1n) is 4.72. The Balaban J connectivity index is 2.73. The van der Waals surface area contributed by atoms with Gasteiger partial charge in [0.2, 0.25) is 0 Å². The average molecular weight is 237 g/mol. The van der Waals surface area contributed by atoms with E-state index in [1.54, 1.807) is 0 Å². The second-order valence-corrected chi connectivity index (χ2v) is 4.51. The zero-order valence-corrected chi connectivity index (χ0v) is 10.0. The van der Waals surface area contributed by atoms with Gasteiger partial charge in [0.15, 0.2) is 10.6 Å². The molecule has 0 fully saturated rings. The summed E-state index contributed by atoms with van der Waals surface area (Å²) >= 11 is 1.14. The second-order valence-electron chi connectivity index (χ2n) is 3.51. The fourth-order valence-electron chi connectivity index (χ4n) is 1.43. The second kappa shape index (κ2) is 3.75. The maximum Gasteiger partial charge on any atom is 0.351 e. The summed E-state index contributed by atoms with van der Waals surface area (Å²) in [5.41, 5.74) is 1.88. The molecule has 0 aromatic carbocycles. The van der Waals surface area contributed by atoms with Crippen molar-refractivity contribution in [3.05, 3.63) is 22.2 Å². The monoisotopic (exact) mass is 237 g/mol. The van der Waals surface area contributed by atoms with Crippen molar-refractivity contribution >= 4 is 27.5 Å². The van der Waals surface area contributed by atoms with Gasteiger partial charge in [0.05, 0.1) is 12.5 Å². The maximum atomic E-state index is 11.4. The third-order valence-electron chi connectivity index (χ3n) is 2.47. The van der Waals surface area contributed by atoms with Gasteiger partial charge >= 0.3 is 5.97 Å². The van der Waals surface area contributed by atoms with E-state index < -0.39 is 5.97 Å². The van der Waals surface area contributed by atoms with Crippen LogP contribution in [-0.4, -0.2) is 23.2 Å². The summed E-state index contributed by atoms with van der Waals surface area (Å²) < 4.78 is 4.59. The lowest BCUT2D eigenvalue weighted by atomic mass is 10.2. The highest BCUT2D eigenvalue weighted by Gasteiger charge is 2.19. The third-order valence-corrected chi connectivity index (χ3v) is 3.54. The van der Waals surface area contributed by atoms with Crippen molar-refractivity contribution in [2.24, 2.45) is 0 Å². The number of carbonyl (C=O) groups excluding carboxylic acids is 1. The maximum absolute atomic E-state index is 11.4. The fraction of sp³-hybridized carbons (Fsp3) is 0.273. The number of aromatic nitrogens is 1. The van der Waals surface area contributed by atoms with E-state index in [1.807, 2.05) is 19.9 Å². The van der Waals surface area contributed by atoms with Crippen LogP contribution in [0.25, 0.3) is 10.2 Å². The van der Waals surface area contributed by atoms with E-state index in [0.29, 0.717) is 10.2 Å². The zero-order valence-electron chi connectivity index (χ0n) is 9.20. The first-order valence-corrected chi connectivity index (χ1v) is 5.54. The van der Waals surface area contributed by atoms with Crippen molar-refractivity contribution in [3.8, 4) is 5.75 Å². The van der Waals surface area contributed by atoms with Crippen LogP contribution in [0.4, 0.5) is 0 Å². The summed E-state index contributed by atoms with van der Waals surface area (Å²) in [6.07, 6.45) is 0. The van der Waals surface area contributed by atoms with Crippen LogP contribution in [0.1, 0.15) is 20.9 Å². The molecule has 16 heavy (non-hydrogen) atoms. The van der Waals surface area contributed by atoms with Crippen molar-refractivity contribution < 1.29 is 14.6 Å². The Labute approximate surface area is 96.5 Å². The van der Waals surface area contributed by atoms with Crippen LogP contribution in [0.5, 0.6) is 5.75 Å². The smallest absolute Gasteiger partial charge is 0.351 e. The quantitative estimate of drug-likeness (QED) is 0.774. The number of pyridine rings is 1. The summed E-state index contributed by atoms with van der Waals surface area (Å²) in [4.78, 5) is 16.6. The van der Waals surface area contributed by atoms with Crippen LogP contribution in [0.15, 0.2) is 6.07 Å². The van der Waals surface area contributed by atoms with Gasteiger partial charge in [0.1, 0.15) is 4.83 Å². The van der Waals surface area contributed by atoms with Gasteiger partial charge in [-0.2, -0.15) is 0 Å². The number of rotatable bonds is 1. The number of nitrogens with zero attached hydrogens (tertiary/aromatic N) is 1. The Kier molecular flexibility index (Phi) is 2.55. The van der Waals surface area contributed by atoms with Gasteiger partial charge in [0.25, 0.3) is 0 Å². The van der Waals surface area contributed by atoms with Crippen LogP contribution < -0.4 is 0 Å². The average Bonchev–Trinajstić information content (AvgIpc) is 2.56. The van der Waals surface area contributed by atoms with Crippen molar-refractivity contribution in [2.45, 2.75) is 13.8 Å². The molecule has 1 N–H and O–H groups in total. The zero-order chi connectivity index (χ0) is 11.9. The third kappa shape index (κ3) is 1.53. The van der Waals surface area contributed by atoms with E-state index in [0.717, 1.165) is 22.6 Å². The van der Waals surface area contributed by atoms with E-state index >= 15 is 0 Å². The first kappa shape index (κ1) is 10.9. The minimum absolute atomic E-state index is 0.0394. The minimum atomic E-state index is -0.532. The molecule has 0 aliphatic heterocycles. The van der Waals surface area contributed by atoms with E-state index in [-0.39, 0.29) is 10.6 Å². The molecule has 2 rings (SSSR count). The molecule has 0 unspecified atom stereocenters. The SMILES string of the molecule is COC(=O)c1sc2nc(C)c(C)cc2c1O. The summed E-state index contributed by atoms with van der Waals surface area (Å²) in [6, 6.07) is 1.83.